The van der Waals surface area contributed by atoms with Gasteiger partial charge < -0.3 is 9.64 Å². The SMILES string of the molecule is CC(CN1CCOCC1)C(=O)N1CCN(Cc2ccncc2)CC1. The summed E-state index contributed by atoms with van der Waals surface area (Å²) in [4.78, 5) is 23.5. The van der Waals surface area contributed by atoms with Gasteiger partial charge in [0.2, 0.25) is 5.91 Å². The first-order valence-electron chi connectivity index (χ1n) is 8.92. The first-order valence-corrected chi connectivity index (χ1v) is 8.92. The lowest BCUT2D eigenvalue weighted by Crippen LogP contribution is -2.51. The van der Waals surface area contributed by atoms with E-state index in [-0.39, 0.29) is 5.92 Å². The maximum atomic E-state index is 12.7. The average Bonchev–Trinajstić information content (AvgIpc) is 2.63. The molecular formula is C18H28N4O2. The van der Waals surface area contributed by atoms with E-state index in [9.17, 15) is 4.79 Å². The first kappa shape index (κ1) is 17.3. The molecule has 2 aliphatic heterocycles. The Bertz CT molecular complexity index is 511. The molecule has 0 aliphatic carbocycles. The van der Waals surface area contributed by atoms with E-state index < -0.39 is 0 Å². The maximum Gasteiger partial charge on any atom is 0.226 e. The highest BCUT2D eigenvalue weighted by atomic mass is 16.5. The molecule has 1 atom stereocenters. The van der Waals surface area contributed by atoms with Gasteiger partial charge >= 0.3 is 0 Å². The Morgan fingerprint density at radius 2 is 1.75 bits per heavy atom. The van der Waals surface area contributed by atoms with Crippen LogP contribution in [0.15, 0.2) is 24.5 Å². The van der Waals surface area contributed by atoms with E-state index >= 15 is 0 Å². The van der Waals surface area contributed by atoms with Crippen LogP contribution in [0.4, 0.5) is 0 Å². The molecule has 0 bridgehead atoms. The van der Waals surface area contributed by atoms with Crippen molar-refractivity contribution in [2.45, 2.75) is 13.5 Å². The average molecular weight is 332 g/mol. The number of ether oxygens (including phenoxy) is 1. The quantitative estimate of drug-likeness (QED) is 0.794. The molecule has 0 aromatic carbocycles. The Kier molecular flexibility index (Phi) is 6.18. The van der Waals surface area contributed by atoms with Crippen molar-refractivity contribution in [1.82, 2.24) is 19.7 Å². The highest BCUT2D eigenvalue weighted by Gasteiger charge is 2.26. The fourth-order valence-corrected chi connectivity index (χ4v) is 3.43. The van der Waals surface area contributed by atoms with Crippen LogP contribution in [0.5, 0.6) is 0 Å². The van der Waals surface area contributed by atoms with Crippen LogP contribution in [0, 0.1) is 5.92 Å². The largest absolute Gasteiger partial charge is 0.379 e. The van der Waals surface area contributed by atoms with Crippen molar-refractivity contribution in [3.05, 3.63) is 30.1 Å². The van der Waals surface area contributed by atoms with Crippen LogP contribution >= 0.6 is 0 Å². The number of nitrogens with zero attached hydrogens (tertiary/aromatic N) is 4. The van der Waals surface area contributed by atoms with Crippen molar-refractivity contribution < 1.29 is 9.53 Å². The van der Waals surface area contributed by atoms with Crippen LogP contribution in [0.25, 0.3) is 0 Å². The number of aromatic nitrogens is 1. The molecule has 1 unspecified atom stereocenters. The molecule has 24 heavy (non-hydrogen) atoms. The predicted octanol–water partition coefficient (Wildman–Crippen LogP) is 0.694. The number of hydrogen-bond donors (Lipinski definition) is 0. The molecule has 3 rings (SSSR count). The Hall–Kier alpha value is -1.50. The molecule has 1 amide bonds. The predicted molar refractivity (Wildman–Crippen MR) is 92.5 cm³/mol. The third-order valence-corrected chi connectivity index (χ3v) is 4.90. The third-order valence-electron chi connectivity index (χ3n) is 4.90. The first-order chi connectivity index (χ1) is 11.7. The van der Waals surface area contributed by atoms with Crippen molar-refractivity contribution in [3.8, 4) is 0 Å². The summed E-state index contributed by atoms with van der Waals surface area (Å²) in [5.74, 6) is 0.361. The molecule has 132 valence electrons. The second-order valence-electron chi connectivity index (χ2n) is 6.77. The molecule has 1 aromatic heterocycles. The van der Waals surface area contributed by atoms with Crippen molar-refractivity contribution in [2.24, 2.45) is 5.92 Å². The van der Waals surface area contributed by atoms with Crippen LogP contribution in [-0.2, 0) is 16.1 Å². The van der Waals surface area contributed by atoms with E-state index in [1.165, 1.54) is 5.56 Å². The second kappa shape index (κ2) is 8.55. The minimum Gasteiger partial charge on any atom is -0.379 e. The van der Waals surface area contributed by atoms with Gasteiger partial charge in [-0.2, -0.15) is 0 Å². The zero-order chi connectivity index (χ0) is 16.8. The van der Waals surface area contributed by atoms with Gasteiger partial charge in [-0.15, -0.1) is 0 Å². The Morgan fingerprint density at radius 1 is 1.08 bits per heavy atom. The highest BCUT2D eigenvalue weighted by Crippen LogP contribution is 2.12. The summed E-state index contributed by atoms with van der Waals surface area (Å²) >= 11 is 0. The summed E-state index contributed by atoms with van der Waals surface area (Å²) < 4.78 is 5.37. The lowest BCUT2D eigenvalue weighted by Gasteiger charge is -2.37. The van der Waals surface area contributed by atoms with Gasteiger partial charge in [-0.3, -0.25) is 19.6 Å². The van der Waals surface area contributed by atoms with Crippen molar-refractivity contribution in [3.63, 3.8) is 0 Å². The monoisotopic (exact) mass is 332 g/mol. The topological polar surface area (TPSA) is 48.9 Å². The van der Waals surface area contributed by atoms with Crippen molar-refractivity contribution in [1.29, 1.82) is 0 Å². The number of pyridine rings is 1. The normalized spacial score (nSPS) is 21.6. The fraction of sp³-hybridized carbons (Fsp3) is 0.667. The molecular weight excluding hydrogens is 304 g/mol. The maximum absolute atomic E-state index is 12.7. The van der Waals surface area contributed by atoms with E-state index in [0.29, 0.717) is 5.91 Å². The summed E-state index contributed by atoms with van der Waals surface area (Å²) in [6.07, 6.45) is 3.67. The molecule has 0 N–H and O–H groups in total. The Morgan fingerprint density at radius 3 is 2.42 bits per heavy atom. The van der Waals surface area contributed by atoms with Gasteiger partial charge in [0, 0.05) is 70.7 Å². The van der Waals surface area contributed by atoms with Crippen LogP contribution < -0.4 is 0 Å². The van der Waals surface area contributed by atoms with Gasteiger partial charge in [-0.1, -0.05) is 6.92 Å². The molecule has 2 fully saturated rings. The summed E-state index contributed by atoms with van der Waals surface area (Å²) in [6.45, 7) is 10.8. The molecule has 0 saturated carbocycles. The van der Waals surface area contributed by atoms with E-state index in [4.69, 9.17) is 4.74 Å². The molecule has 1 aromatic rings. The second-order valence-corrected chi connectivity index (χ2v) is 6.77. The van der Waals surface area contributed by atoms with Crippen LogP contribution in [-0.4, -0.2) is 84.6 Å². The number of rotatable bonds is 5. The zero-order valence-corrected chi connectivity index (χ0v) is 14.6. The summed E-state index contributed by atoms with van der Waals surface area (Å²) in [7, 11) is 0. The smallest absolute Gasteiger partial charge is 0.226 e. The molecule has 3 heterocycles. The van der Waals surface area contributed by atoms with Gasteiger partial charge in [0.15, 0.2) is 0 Å². The van der Waals surface area contributed by atoms with E-state index in [2.05, 4.69) is 33.8 Å². The number of hydrogen-bond acceptors (Lipinski definition) is 5. The summed E-state index contributed by atoms with van der Waals surface area (Å²) in [5, 5.41) is 0. The van der Waals surface area contributed by atoms with Crippen molar-refractivity contribution in [2.75, 3.05) is 59.0 Å². The minimum absolute atomic E-state index is 0.0647. The third kappa shape index (κ3) is 4.75. The molecule has 2 aliphatic rings. The number of piperazine rings is 1. The van der Waals surface area contributed by atoms with E-state index in [0.717, 1.165) is 65.6 Å². The standard InChI is InChI=1S/C18H28N4O2/c1-16(14-21-10-12-24-13-11-21)18(23)22-8-6-20(7-9-22)15-17-2-4-19-5-3-17/h2-5,16H,6-15H2,1H3. The highest BCUT2D eigenvalue weighted by molar-refractivity contribution is 5.78. The fourth-order valence-electron chi connectivity index (χ4n) is 3.43. The molecule has 0 spiro atoms. The Labute approximate surface area is 144 Å². The van der Waals surface area contributed by atoms with Gasteiger partial charge in [-0.25, -0.2) is 0 Å². The summed E-state index contributed by atoms with van der Waals surface area (Å²) in [5.41, 5.74) is 1.28. The van der Waals surface area contributed by atoms with E-state index in [1.807, 2.05) is 17.3 Å². The lowest BCUT2D eigenvalue weighted by atomic mass is 10.1. The molecule has 0 radical (unpaired) electrons. The van der Waals surface area contributed by atoms with Gasteiger partial charge in [0.1, 0.15) is 0 Å². The number of carbonyl (C=O) groups is 1. The molecule has 2 saturated heterocycles. The summed E-state index contributed by atoms with van der Waals surface area (Å²) in [6, 6.07) is 4.11. The number of morpholine rings is 1. The lowest BCUT2D eigenvalue weighted by molar-refractivity contribution is -0.137. The van der Waals surface area contributed by atoms with Gasteiger partial charge in [0.25, 0.3) is 0 Å². The molecule has 6 heteroatoms. The zero-order valence-electron chi connectivity index (χ0n) is 14.6. The Balaban J connectivity index is 1.42. The number of carbonyl (C=O) groups excluding carboxylic acids is 1. The van der Waals surface area contributed by atoms with Crippen LogP contribution in [0.2, 0.25) is 0 Å². The molecule has 6 nitrogen and oxygen atoms in total. The van der Waals surface area contributed by atoms with E-state index in [1.54, 1.807) is 0 Å². The van der Waals surface area contributed by atoms with Crippen molar-refractivity contribution >= 4 is 5.91 Å². The van der Waals surface area contributed by atoms with Gasteiger partial charge in [0.05, 0.1) is 13.2 Å². The minimum atomic E-state index is 0.0647. The number of amides is 1. The van der Waals surface area contributed by atoms with Crippen LogP contribution in [0.3, 0.4) is 0 Å². The van der Waals surface area contributed by atoms with Gasteiger partial charge in [-0.05, 0) is 17.7 Å². The van der Waals surface area contributed by atoms with Crippen LogP contribution in [0.1, 0.15) is 12.5 Å².